The van der Waals surface area contributed by atoms with E-state index in [-0.39, 0.29) is 16.9 Å². The van der Waals surface area contributed by atoms with Gasteiger partial charge in [-0.05, 0) is 48.7 Å². The third-order valence-electron chi connectivity index (χ3n) is 5.96. The van der Waals surface area contributed by atoms with Crippen molar-refractivity contribution in [1.29, 1.82) is 0 Å². The van der Waals surface area contributed by atoms with Crippen molar-refractivity contribution < 1.29 is 22.7 Å². The van der Waals surface area contributed by atoms with Gasteiger partial charge in [0.15, 0.2) is 0 Å². The number of ether oxygens (including phenoxy) is 1. The van der Waals surface area contributed by atoms with Gasteiger partial charge in [0.05, 0.1) is 12.0 Å². The maximum atomic E-state index is 12.8. The molecule has 0 aliphatic carbocycles. The van der Waals surface area contributed by atoms with E-state index in [4.69, 9.17) is 4.74 Å². The zero-order valence-corrected chi connectivity index (χ0v) is 19.2. The topological polar surface area (TPSA) is 109 Å². The summed E-state index contributed by atoms with van der Waals surface area (Å²) in [6.45, 7) is 1.03. The average molecular weight is 470 g/mol. The predicted molar refractivity (Wildman–Crippen MR) is 124 cm³/mol. The van der Waals surface area contributed by atoms with Gasteiger partial charge in [-0.15, -0.1) is 0 Å². The Balaban J connectivity index is 1.49. The minimum Gasteiger partial charge on any atom is -0.467 e. The minimum absolute atomic E-state index is 0.157. The van der Waals surface area contributed by atoms with Gasteiger partial charge in [-0.2, -0.15) is 4.31 Å². The molecule has 1 aliphatic heterocycles. The maximum absolute atomic E-state index is 12.8. The summed E-state index contributed by atoms with van der Waals surface area (Å²) in [6, 6.07) is 12.6. The number of aromatic amines is 1. The number of benzene rings is 2. The molecule has 0 bridgehead atoms. The van der Waals surface area contributed by atoms with Crippen molar-refractivity contribution in [2.24, 2.45) is 0 Å². The monoisotopic (exact) mass is 469 g/mol. The van der Waals surface area contributed by atoms with Gasteiger partial charge >= 0.3 is 5.97 Å². The summed E-state index contributed by atoms with van der Waals surface area (Å²) >= 11 is 0. The molecular weight excluding hydrogens is 442 g/mol. The molecule has 8 nitrogen and oxygen atoms in total. The molecule has 2 heterocycles. The number of nitrogens with zero attached hydrogens (tertiary/aromatic N) is 1. The zero-order valence-electron chi connectivity index (χ0n) is 18.4. The largest absolute Gasteiger partial charge is 0.467 e. The molecule has 0 saturated carbocycles. The minimum atomic E-state index is -3.58. The molecule has 0 spiro atoms. The molecule has 2 N–H and O–H groups in total. The lowest BCUT2D eigenvalue weighted by molar-refractivity contribution is -0.142. The van der Waals surface area contributed by atoms with Gasteiger partial charge in [-0.25, -0.2) is 13.2 Å². The second kappa shape index (κ2) is 9.76. The highest BCUT2D eigenvalue weighted by molar-refractivity contribution is 7.89. The molecule has 1 aromatic heterocycles. The Hall–Kier alpha value is -3.17. The first-order chi connectivity index (χ1) is 15.9. The van der Waals surface area contributed by atoms with Crippen LogP contribution in [0.15, 0.2) is 59.6 Å². The lowest BCUT2D eigenvalue weighted by atomic mass is 10.0. The summed E-state index contributed by atoms with van der Waals surface area (Å²) < 4.78 is 32.0. The van der Waals surface area contributed by atoms with Gasteiger partial charge < -0.3 is 15.0 Å². The lowest BCUT2D eigenvalue weighted by Crippen LogP contribution is -2.43. The Labute approximate surface area is 193 Å². The van der Waals surface area contributed by atoms with Crippen LogP contribution in [0.25, 0.3) is 10.9 Å². The molecule has 1 atom stereocenters. The number of hydrogen-bond donors (Lipinski definition) is 2. The van der Waals surface area contributed by atoms with Crippen LogP contribution < -0.4 is 5.32 Å². The molecule has 1 aliphatic rings. The number of piperidine rings is 1. The molecule has 2 aromatic carbocycles. The number of fused-ring (bicyclic) bond motifs is 1. The van der Waals surface area contributed by atoms with Crippen molar-refractivity contribution in [2.75, 3.05) is 20.2 Å². The maximum Gasteiger partial charge on any atom is 0.328 e. The Morgan fingerprint density at radius 2 is 1.76 bits per heavy atom. The van der Waals surface area contributed by atoms with Crippen molar-refractivity contribution in [3.63, 3.8) is 0 Å². The number of amides is 1. The Morgan fingerprint density at radius 3 is 2.45 bits per heavy atom. The number of rotatable bonds is 7. The fourth-order valence-electron chi connectivity index (χ4n) is 4.13. The summed E-state index contributed by atoms with van der Waals surface area (Å²) in [4.78, 5) is 28.5. The van der Waals surface area contributed by atoms with E-state index >= 15 is 0 Å². The van der Waals surface area contributed by atoms with Crippen molar-refractivity contribution in [3.05, 3.63) is 65.9 Å². The molecule has 33 heavy (non-hydrogen) atoms. The fourth-order valence-corrected chi connectivity index (χ4v) is 5.65. The number of H-pyrrole nitrogens is 1. The molecule has 1 fully saturated rings. The number of carbonyl (C=O) groups excluding carboxylic acids is 2. The van der Waals surface area contributed by atoms with Crippen molar-refractivity contribution >= 4 is 32.8 Å². The molecule has 0 unspecified atom stereocenters. The summed E-state index contributed by atoms with van der Waals surface area (Å²) in [5.74, 6) is -1.04. The highest BCUT2D eigenvalue weighted by Crippen LogP contribution is 2.22. The van der Waals surface area contributed by atoms with Crippen LogP contribution in [0.4, 0.5) is 0 Å². The van der Waals surface area contributed by atoms with E-state index in [2.05, 4.69) is 10.3 Å². The number of aromatic nitrogens is 1. The molecule has 1 saturated heterocycles. The van der Waals surface area contributed by atoms with E-state index < -0.39 is 27.9 Å². The van der Waals surface area contributed by atoms with E-state index in [1.165, 1.54) is 35.7 Å². The molecule has 4 rings (SSSR count). The van der Waals surface area contributed by atoms with Crippen LogP contribution in [-0.2, 0) is 26.0 Å². The Morgan fingerprint density at radius 1 is 1.06 bits per heavy atom. The molecule has 1 amide bonds. The number of methoxy groups -OCH3 is 1. The SMILES string of the molecule is COC(=O)[C@@H](Cc1c[nH]c2ccccc12)NC(=O)c1ccc(S(=O)(=O)N2CCCCC2)cc1. The number of sulfonamides is 1. The highest BCUT2D eigenvalue weighted by Gasteiger charge is 2.27. The van der Waals surface area contributed by atoms with Gasteiger partial charge in [0.25, 0.3) is 5.91 Å². The second-order valence-electron chi connectivity index (χ2n) is 8.10. The summed E-state index contributed by atoms with van der Waals surface area (Å²) in [7, 11) is -2.30. The normalized spacial score (nSPS) is 15.8. The quantitative estimate of drug-likeness (QED) is 0.517. The van der Waals surface area contributed by atoms with Crippen LogP contribution in [0.1, 0.15) is 35.2 Å². The van der Waals surface area contributed by atoms with Crippen molar-refractivity contribution in [1.82, 2.24) is 14.6 Å². The highest BCUT2D eigenvalue weighted by atomic mass is 32.2. The van der Waals surface area contributed by atoms with E-state index in [9.17, 15) is 18.0 Å². The van der Waals surface area contributed by atoms with Gasteiger partial charge in [0.1, 0.15) is 6.04 Å². The summed E-state index contributed by atoms with van der Waals surface area (Å²) in [5.41, 5.74) is 2.08. The van der Waals surface area contributed by atoms with Crippen LogP contribution in [0.2, 0.25) is 0 Å². The van der Waals surface area contributed by atoms with E-state index in [1.807, 2.05) is 30.5 Å². The Kier molecular flexibility index (Phi) is 6.80. The van der Waals surface area contributed by atoms with Gasteiger partial charge in [0, 0.05) is 42.2 Å². The number of para-hydroxylation sites is 1. The average Bonchev–Trinajstić information content (AvgIpc) is 3.26. The van der Waals surface area contributed by atoms with Crippen LogP contribution in [0.5, 0.6) is 0 Å². The first kappa shape index (κ1) is 23.0. The molecule has 0 radical (unpaired) electrons. The van der Waals surface area contributed by atoms with Crippen LogP contribution >= 0.6 is 0 Å². The van der Waals surface area contributed by atoms with Gasteiger partial charge in [-0.1, -0.05) is 24.6 Å². The first-order valence-electron chi connectivity index (χ1n) is 10.9. The predicted octanol–water partition coefficient (Wildman–Crippen LogP) is 2.86. The van der Waals surface area contributed by atoms with Gasteiger partial charge in [0.2, 0.25) is 10.0 Å². The Bertz CT molecular complexity index is 1240. The third kappa shape index (κ3) is 4.94. The number of nitrogens with one attached hydrogen (secondary N) is 2. The van der Waals surface area contributed by atoms with E-state index in [1.54, 1.807) is 0 Å². The van der Waals surface area contributed by atoms with Crippen LogP contribution in [0, 0.1) is 0 Å². The van der Waals surface area contributed by atoms with E-state index in [0.717, 1.165) is 35.7 Å². The third-order valence-corrected chi connectivity index (χ3v) is 7.87. The summed E-state index contributed by atoms with van der Waals surface area (Å²) in [5, 5.41) is 3.69. The second-order valence-corrected chi connectivity index (χ2v) is 10.0. The summed E-state index contributed by atoms with van der Waals surface area (Å²) in [6.07, 6.45) is 4.80. The number of esters is 1. The van der Waals surface area contributed by atoms with Crippen molar-refractivity contribution in [3.8, 4) is 0 Å². The molecular formula is C24H27N3O5S. The van der Waals surface area contributed by atoms with E-state index in [0.29, 0.717) is 13.1 Å². The number of carbonyl (C=O) groups is 2. The van der Waals surface area contributed by atoms with Crippen LogP contribution in [0.3, 0.4) is 0 Å². The molecule has 9 heteroatoms. The standard InChI is InChI=1S/C24H27N3O5S/c1-32-24(29)22(15-18-16-25-21-8-4-3-7-20(18)21)26-23(28)17-9-11-19(12-10-17)33(30,31)27-13-5-2-6-14-27/h3-4,7-12,16,22,25H,2,5-6,13-15H2,1H3,(H,26,28)/t22-/m1/s1. The molecule has 3 aromatic rings. The number of hydrogen-bond acceptors (Lipinski definition) is 5. The van der Waals surface area contributed by atoms with Crippen LogP contribution in [-0.4, -0.2) is 55.8 Å². The zero-order chi connectivity index (χ0) is 23.4. The fraction of sp³-hybridized carbons (Fsp3) is 0.333. The molecule has 174 valence electrons. The first-order valence-corrected chi connectivity index (χ1v) is 12.4. The lowest BCUT2D eigenvalue weighted by Gasteiger charge is -2.25. The smallest absolute Gasteiger partial charge is 0.328 e. The van der Waals surface area contributed by atoms with Gasteiger partial charge in [-0.3, -0.25) is 4.79 Å². The van der Waals surface area contributed by atoms with Crippen molar-refractivity contribution in [2.45, 2.75) is 36.6 Å².